The van der Waals surface area contributed by atoms with Crippen LogP contribution in [0.15, 0.2) is 59.1 Å². The van der Waals surface area contributed by atoms with Gasteiger partial charge in [-0.25, -0.2) is 0 Å². The van der Waals surface area contributed by atoms with Crippen LogP contribution in [0.1, 0.15) is 60.6 Å². The van der Waals surface area contributed by atoms with Crippen molar-refractivity contribution in [1.29, 1.82) is 0 Å². The second-order valence-electron chi connectivity index (χ2n) is 9.77. The molecule has 1 aliphatic carbocycles. The van der Waals surface area contributed by atoms with Crippen LogP contribution < -0.4 is 9.64 Å². The number of Topliss-reactive ketones (excluding diaryl/α,β-unsaturated/α-hetero) is 1. The first-order valence-corrected chi connectivity index (χ1v) is 12.0. The predicted molar refractivity (Wildman–Crippen MR) is 129 cm³/mol. The molecule has 0 N–H and O–H groups in total. The van der Waals surface area contributed by atoms with Gasteiger partial charge in [-0.15, -0.1) is 0 Å². The van der Waals surface area contributed by atoms with Crippen molar-refractivity contribution in [2.24, 2.45) is 5.92 Å². The lowest BCUT2D eigenvalue weighted by atomic mass is 9.88. The molecular formula is C28H32N2O3. The molecule has 0 spiro atoms. The smallest absolute Gasteiger partial charge is 0.144 e. The summed E-state index contributed by atoms with van der Waals surface area (Å²) >= 11 is 0. The number of aromatic nitrogens is 1. The molecule has 5 nitrogen and oxygen atoms in total. The van der Waals surface area contributed by atoms with Gasteiger partial charge in [-0.05, 0) is 67.0 Å². The van der Waals surface area contributed by atoms with Gasteiger partial charge < -0.3 is 14.2 Å². The molecule has 2 heterocycles. The zero-order valence-corrected chi connectivity index (χ0v) is 19.5. The summed E-state index contributed by atoms with van der Waals surface area (Å²) in [6.07, 6.45) is 3.45. The van der Waals surface area contributed by atoms with E-state index in [0.717, 1.165) is 37.1 Å². The number of benzene rings is 2. The van der Waals surface area contributed by atoms with Crippen molar-refractivity contribution in [3.63, 3.8) is 0 Å². The lowest BCUT2D eigenvalue weighted by Gasteiger charge is -2.41. The van der Waals surface area contributed by atoms with Gasteiger partial charge in [-0.3, -0.25) is 4.79 Å². The molecule has 0 radical (unpaired) electrons. The average Bonchev–Trinajstić information content (AvgIpc) is 3.53. The van der Waals surface area contributed by atoms with Crippen LogP contribution in [0.3, 0.4) is 0 Å². The second kappa shape index (κ2) is 9.42. The van der Waals surface area contributed by atoms with Crippen LogP contribution in [0, 0.1) is 12.8 Å². The normalized spacial score (nSPS) is 17.0. The molecular weight excluding hydrogens is 412 g/mol. The molecule has 2 fully saturated rings. The lowest BCUT2D eigenvalue weighted by Crippen LogP contribution is -2.45. The molecule has 33 heavy (non-hydrogen) atoms. The highest BCUT2D eigenvalue weighted by Crippen LogP contribution is 2.34. The maximum absolute atomic E-state index is 12.4. The van der Waals surface area contributed by atoms with Crippen molar-refractivity contribution in [1.82, 2.24) is 5.16 Å². The van der Waals surface area contributed by atoms with Gasteiger partial charge in [0.1, 0.15) is 17.3 Å². The van der Waals surface area contributed by atoms with E-state index in [9.17, 15) is 4.79 Å². The molecule has 2 aromatic carbocycles. The van der Waals surface area contributed by atoms with Gasteiger partial charge >= 0.3 is 0 Å². The summed E-state index contributed by atoms with van der Waals surface area (Å²) in [7, 11) is 0. The van der Waals surface area contributed by atoms with E-state index in [1.54, 1.807) is 0 Å². The molecule has 1 aliphatic heterocycles. The van der Waals surface area contributed by atoms with Crippen molar-refractivity contribution in [2.75, 3.05) is 24.6 Å². The first kappa shape index (κ1) is 21.7. The molecule has 5 heteroatoms. The molecule has 1 atom stereocenters. The van der Waals surface area contributed by atoms with E-state index in [4.69, 9.17) is 9.26 Å². The fourth-order valence-electron chi connectivity index (χ4n) is 4.47. The Hall–Kier alpha value is -3.08. The monoisotopic (exact) mass is 444 g/mol. The number of carbonyl (C=O) groups excluding carboxylic acids is 1. The Morgan fingerprint density at radius 1 is 1.12 bits per heavy atom. The first-order chi connectivity index (χ1) is 16.0. The average molecular weight is 445 g/mol. The standard InChI is InChI=1S/C28H32N2O3/c1-19(13-26(31)15-28-14-20(2)29-33-28)22-5-7-23(8-6-22)24-16-30(17-24)25-9-11-27(12-10-25)32-18-21-3-4-21/h5-12,14,19,21,24H,3-4,13,15-18H2,1-2H3/t19-/m1/s1. The van der Waals surface area contributed by atoms with E-state index in [0.29, 0.717) is 24.5 Å². The van der Waals surface area contributed by atoms with Crippen LogP contribution in [0.2, 0.25) is 0 Å². The number of anilines is 1. The van der Waals surface area contributed by atoms with Gasteiger partial charge in [0.15, 0.2) is 0 Å². The van der Waals surface area contributed by atoms with Crippen molar-refractivity contribution in [3.8, 4) is 5.75 Å². The summed E-state index contributed by atoms with van der Waals surface area (Å²) in [6.45, 7) is 6.90. The van der Waals surface area contributed by atoms with Crippen LogP contribution in [0.5, 0.6) is 5.75 Å². The predicted octanol–water partition coefficient (Wildman–Crippen LogP) is 5.68. The van der Waals surface area contributed by atoms with Crippen LogP contribution in [0.4, 0.5) is 5.69 Å². The quantitative estimate of drug-likeness (QED) is 0.403. The number of aryl methyl sites for hydroxylation is 1. The minimum Gasteiger partial charge on any atom is -0.493 e. The van der Waals surface area contributed by atoms with Crippen LogP contribution >= 0.6 is 0 Å². The summed E-state index contributed by atoms with van der Waals surface area (Å²) < 4.78 is 11.0. The number of carbonyl (C=O) groups is 1. The third-order valence-electron chi connectivity index (χ3n) is 6.82. The zero-order chi connectivity index (χ0) is 22.8. The maximum atomic E-state index is 12.4. The zero-order valence-electron chi connectivity index (χ0n) is 19.5. The second-order valence-corrected chi connectivity index (χ2v) is 9.77. The Morgan fingerprint density at radius 2 is 1.85 bits per heavy atom. The molecule has 1 saturated carbocycles. The molecule has 3 aromatic rings. The van der Waals surface area contributed by atoms with E-state index in [-0.39, 0.29) is 11.7 Å². The van der Waals surface area contributed by atoms with Crippen molar-refractivity contribution in [2.45, 2.75) is 51.4 Å². The number of nitrogens with zero attached hydrogens (tertiary/aromatic N) is 2. The first-order valence-electron chi connectivity index (χ1n) is 12.0. The Labute approximate surface area is 195 Å². The third-order valence-corrected chi connectivity index (χ3v) is 6.82. The van der Waals surface area contributed by atoms with E-state index in [1.807, 2.05) is 13.0 Å². The molecule has 1 aromatic heterocycles. The molecule has 1 saturated heterocycles. The fourth-order valence-corrected chi connectivity index (χ4v) is 4.47. The van der Waals surface area contributed by atoms with Crippen LogP contribution in [0.25, 0.3) is 0 Å². The summed E-state index contributed by atoms with van der Waals surface area (Å²) in [6, 6.07) is 19.2. The summed E-state index contributed by atoms with van der Waals surface area (Å²) in [5.74, 6) is 3.32. The number of rotatable bonds is 10. The van der Waals surface area contributed by atoms with Gasteiger partial charge in [-0.1, -0.05) is 36.3 Å². The maximum Gasteiger partial charge on any atom is 0.144 e. The van der Waals surface area contributed by atoms with Crippen LogP contribution in [-0.4, -0.2) is 30.6 Å². The SMILES string of the molecule is Cc1cc(CC(=O)C[C@@H](C)c2ccc(C3CN(c4ccc(OCC5CC5)cc4)C3)cc2)on1. The molecule has 0 amide bonds. The number of hydrogen-bond donors (Lipinski definition) is 0. The van der Waals surface area contributed by atoms with Crippen LogP contribution in [-0.2, 0) is 11.2 Å². The summed E-state index contributed by atoms with van der Waals surface area (Å²) in [4.78, 5) is 14.8. The van der Waals surface area contributed by atoms with E-state index in [1.165, 1.54) is 29.7 Å². The number of ether oxygens (including phenoxy) is 1. The molecule has 172 valence electrons. The fraction of sp³-hybridized carbons (Fsp3) is 0.429. The van der Waals surface area contributed by atoms with Crippen molar-refractivity contribution in [3.05, 3.63) is 77.2 Å². The number of hydrogen-bond acceptors (Lipinski definition) is 5. The van der Waals surface area contributed by atoms with Gasteiger partial charge in [0.2, 0.25) is 0 Å². The highest BCUT2D eigenvalue weighted by molar-refractivity contribution is 5.81. The van der Waals surface area contributed by atoms with Gasteiger partial charge in [-0.2, -0.15) is 0 Å². The Kier molecular flexibility index (Phi) is 6.21. The van der Waals surface area contributed by atoms with E-state index >= 15 is 0 Å². The molecule has 0 bridgehead atoms. The summed E-state index contributed by atoms with van der Waals surface area (Å²) in [5.41, 5.74) is 4.65. The van der Waals surface area contributed by atoms with Crippen molar-refractivity contribution < 1.29 is 14.1 Å². The van der Waals surface area contributed by atoms with Gasteiger partial charge in [0.25, 0.3) is 0 Å². The van der Waals surface area contributed by atoms with Crippen molar-refractivity contribution >= 4 is 11.5 Å². The van der Waals surface area contributed by atoms with Gasteiger partial charge in [0.05, 0.1) is 18.7 Å². The highest BCUT2D eigenvalue weighted by Gasteiger charge is 2.28. The topological polar surface area (TPSA) is 55.6 Å². The lowest BCUT2D eigenvalue weighted by molar-refractivity contribution is -0.119. The van der Waals surface area contributed by atoms with E-state index < -0.39 is 0 Å². The minimum atomic E-state index is 0.182. The molecule has 5 rings (SSSR count). The van der Waals surface area contributed by atoms with E-state index in [2.05, 4.69) is 65.5 Å². The Bertz CT molecular complexity index is 1080. The summed E-state index contributed by atoms with van der Waals surface area (Å²) in [5, 5.41) is 3.85. The Balaban J connectivity index is 1.09. The largest absolute Gasteiger partial charge is 0.493 e. The third kappa shape index (κ3) is 5.47. The Morgan fingerprint density at radius 3 is 2.48 bits per heavy atom. The minimum absolute atomic E-state index is 0.182. The van der Waals surface area contributed by atoms with Gasteiger partial charge in [0, 0.05) is 37.2 Å². The highest BCUT2D eigenvalue weighted by atomic mass is 16.5. The molecule has 2 aliphatic rings. The molecule has 0 unspecified atom stereocenters. The number of ketones is 1.